The second-order valence-electron chi connectivity index (χ2n) is 5.98. The fraction of sp³-hybridized carbons (Fsp3) is 0.917. The average molecular weight is 216 g/mol. The van der Waals surface area contributed by atoms with Gasteiger partial charge in [0.1, 0.15) is 5.60 Å². The molecule has 0 amide bonds. The SMILES string of the molecule is CC(C)(C)CCCOC(=O)OC(C)(C)C. The van der Waals surface area contributed by atoms with Gasteiger partial charge in [-0.05, 0) is 39.0 Å². The molecule has 0 radical (unpaired) electrons. The number of hydrogen-bond acceptors (Lipinski definition) is 3. The van der Waals surface area contributed by atoms with Gasteiger partial charge in [-0.3, -0.25) is 0 Å². The minimum atomic E-state index is -0.573. The van der Waals surface area contributed by atoms with Crippen LogP contribution in [0.1, 0.15) is 54.4 Å². The summed E-state index contributed by atoms with van der Waals surface area (Å²) < 4.78 is 9.96. The zero-order valence-electron chi connectivity index (χ0n) is 10.8. The number of rotatable bonds is 3. The molecule has 0 aromatic rings. The largest absolute Gasteiger partial charge is 0.508 e. The molecular formula is C12H24O3. The summed E-state index contributed by atoms with van der Waals surface area (Å²) in [5, 5.41) is 0. The molecule has 0 unspecified atom stereocenters. The Labute approximate surface area is 93.1 Å². The van der Waals surface area contributed by atoms with Gasteiger partial charge in [0.15, 0.2) is 0 Å². The third-order valence-electron chi connectivity index (χ3n) is 1.68. The van der Waals surface area contributed by atoms with Crippen LogP contribution in [-0.4, -0.2) is 18.4 Å². The van der Waals surface area contributed by atoms with Gasteiger partial charge in [-0.25, -0.2) is 4.79 Å². The van der Waals surface area contributed by atoms with Crippen LogP contribution >= 0.6 is 0 Å². The van der Waals surface area contributed by atoms with Crippen molar-refractivity contribution in [2.45, 2.75) is 60.0 Å². The van der Waals surface area contributed by atoms with Crippen molar-refractivity contribution >= 4 is 6.16 Å². The minimum absolute atomic E-state index is 0.289. The lowest BCUT2D eigenvalue weighted by Gasteiger charge is -2.20. The van der Waals surface area contributed by atoms with Crippen molar-refractivity contribution in [3.05, 3.63) is 0 Å². The fourth-order valence-electron chi connectivity index (χ4n) is 1.04. The molecule has 0 heterocycles. The van der Waals surface area contributed by atoms with Gasteiger partial charge in [-0.2, -0.15) is 0 Å². The molecule has 0 atom stereocenters. The van der Waals surface area contributed by atoms with E-state index in [1.807, 2.05) is 20.8 Å². The van der Waals surface area contributed by atoms with Gasteiger partial charge in [0.2, 0.25) is 0 Å². The highest BCUT2D eigenvalue weighted by molar-refractivity contribution is 5.60. The third-order valence-corrected chi connectivity index (χ3v) is 1.68. The number of carbonyl (C=O) groups excluding carboxylic acids is 1. The normalized spacial score (nSPS) is 12.4. The van der Waals surface area contributed by atoms with Crippen LogP contribution in [0.4, 0.5) is 4.79 Å². The van der Waals surface area contributed by atoms with Crippen molar-refractivity contribution in [1.29, 1.82) is 0 Å². The van der Waals surface area contributed by atoms with E-state index in [4.69, 9.17) is 9.47 Å². The van der Waals surface area contributed by atoms with E-state index >= 15 is 0 Å². The Bertz CT molecular complexity index is 196. The maximum atomic E-state index is 11.1. The molecule has 0 aromatic heterocycles. The van der Waals surface area contributed by atoms with Crippen LogP contribution < -0.4 is 0 Å². The van der Waals surface area contributed by atoms with Crippen LogP contribution in [0.2, 0.25) is 0 Å². The van der Waals surface area contributed by atoms with E-state index in [0.717, 1.165) is 12.8 Å². The quantitative estimate of drug-likeness (QED) is 0.532. The Kier molecular flexibility index (Phi) is 5.12. The van der Waals surface area contributed by atoms with Crippen LogP contribution in [-0.2, 0) is 9.47 Å². The van der Waals surface area contributed by atoms with Gasteiger partial charge in [0.25, 0.3) is 0 Å². The average Bonchev–Trinajstić information content (AvgIpc) is 1.92. The fourth-order valence-corrected chi connectivity index (χ4v) is 1.04. The van der Waals surface area contributed by atoms with Gasteiger partial charge in [-0.15, -0.1) is 0 Å². The molecule has 3 heteroatoms. The summed E-state index contributed by atoms with van der Waals surface area (Å²) in [7, 11) is 0. The first kappa shape index (κ1) is 14.3. The lowest BCUT2D eigenvalue weighted by atomic mass is 9.91. The highest BCUT2D eigenvalue weighted by Crippen LogP contribution is 2.20. The molecule has 0 aliphatic heterocycles. The van der Waals surface area contributed by atoms with Gasteiger partial charge in [-0.1, -0.05) is 20.8 Å². The second-order valence-corrected chi connectivity index (χ2v) is 5.98. The molecule has 0 fully saturated rings. The molecule has 0 spiro atoms. The molecule has 0 N–H and O–H groups in total. The summed E-state index contributed by atoms with van der Waals surface area (Å²) in [5.74, 6) is 0. The number of ether oxygens (including phenoxy) is 2. The number of hydrogen-bond donors (Lipinski definition) is 0. The minimum Gasteiger partial charge on any atom is -0.434 e. The van der Waals surface area contributed by atoms with E-state index in [-0.39, 0.29) is 5.41 Å². The maximum Gasteiger partial charge on any atom is 0.508 e. The van der Waals surface area contributed by atoms with Gasteiger partial charge in [0, 0.05) is 0 Å². The summed E-state index contributed by atoms with van der Waals surface area (Å²) in [6.45, 7) is 12.4. The van der Waals surface area contributed by atoms with Crippen molar-refractivity contribution < 1.29 is 14.3 Å². The Balaban J connectivity index is 3.57. The summed E-state index contributed by atoms with van der Waals surface area (Å²) >= 11 is 0. The Morgan fingerprint density at radius 2 is 1.60 bits per heavy atom. The predicted molar refractivity (Wildman–Crippen MR) is 60.9 cm³/mol. The lowest BCUT2D eigenvalue weighted by molar-refractivity contribution is -0.00846. The van der Waals surface area contributed by atoms with E-state index in [1.54, 1.807) is 0 Å². The van der Waals surface area contributed by atoms with Crippen molar-refractivity contribution in [2.24, 2.45) is 5.41 Å². The second kappa shape index (κ2) is 5.38. The molecule has 0 aliphatic rings. The zero-order chi connectivity index (χ0) is 12.1. The Morgan fingerprint density at radius 3 is 2.00 bits per heavy atom. The Hall–Kier alpha value is -0.730. The van der Waals surface area contributed by atoms with E-state index < -0.39 is 11.8 Å². The molecule has 0 aromatic carbocycles. The predicted octanol–water partition coefficient (Wildman–Crippen LogP) is 3.76. The Morgan fingerprint density at radius 1 is 1.07 bits per heavy atom. The van der Waals surface area contributed by atoms with Crippen molar-refractivity contribution in [3.63, 3.8) is 0 Å². The van der Waals surface area contributed by atoms with Crippen LogP contribution in [0.25, 0.3) is 0 Å². The monoisotopic (exact) mass is 216 g/mol. The first-order valence-corrected chi connectivity index (χ1v) is 5.46. The number of carbonyl (C=O) groups is 1. The molecule has 90 valence electrons. The topological polar surface area (TPSA) is 35.5 Å². The molecule has 0 aliphatic carbocycles. The first-order valence-electron chi connectivity index (χ1n) is 5.46. The summed E-state index contributed by atoms with van der Waals surface area (Å²) in [4.78, 5) is 11.1. The van der Waals surface area contributed by atoms with Crippen LogP contribution in [0.5, 0.6) is 0 Å². The smallest absolute Gasteiger partial charge is 0.434 e. The highest BCUT2D eigenvalue weighted by atomic mass is 16.7. The van der Waals surface area contributed by atoms with Crippen LogP contribution in [0.15, 0.2) is 0 Å². The summed E-state index contributed by atoms with van der Waals surface area (Å²) in [5.41, 5.74) is -0.182. The molecule has 15 heavy (non-hydrogen) atoms. The maximum absolute atomic E-state index is 11.1. The zero-order valence-corrected chi connectivity index (χ0v) is 10.8. The standard InChI is InChI=1S/C12H24O3/c1-11(2,3)8-7-9-14-10(13)15-12(4,5)6/h7-9H2,1-6H3. The molecule has 3 nitrogen and oxygen atoms in total. The molecule has 0 saturated carbocycles. The third kappa shape index (κ3) is 11.2. The summed E-state index contributed by atoms with van der Waals surface area (Å²) in [6, 6.07) is 0. The van der Waals surface area contributed by atoms with Crippen molar-refractivity contribution in [2.75, 3.05) is 6.61 Å². The van der Waals surface area contributed by atoms with E-state index in [1.165, 1.54) is 0 Å². The van der Waals surface area contributed by atoms with Crippen molar-refractivity contribution in [3.8, 4) is 0 Å². The van der Waals surface area contributed by atoms with Gasteiger partial charge in [0.05, 0.1) is 6.61 Å². The molecule has 0 bridgehead atoms. The van der Waals surface area contributed by atoms with Crippen molar-refractivity contribution in [1.82, 2.24) is 0 Å². The lowest BCUT2D eigenvalue weighted by Crippen LogP contribution is -2.24. The first-order chi connectivity index (χ1) is 6.60. The molecular weight excluding hydrogens is 192 g/mol. The van der Waals surface area contributed by atoms with Gasteiger partial charge >= 0.3 is 6.16 Å². The van der Waals surface area contributed by atoms with E-state index in [2.05, 4.69) is 20.8 Å². The van der Waals surface area contributed by atoms with E-state index in [0.29, 0.717) is 6.61 Å². The molecule has 0 saturated heterocycles. The highest BCUT2D eigenvalue weighted by Gasteiger charge is 2.17. The van der Waals surface area contributed by atoms with E-state index in [9.17, 15) is 4.79 Å². The van der Waals surface area contributed by atoms with Crippen LogP contribution in [0.3, 0.4) is 0 Å². The molecule has 0 rings (SSSR count). The van der Waals surface area contributed by atoms with Crippen LogP contribution in [0, 0.1) is 5.41 Å². The van der Waals surface area contributed by atoms with Gasteiger partial charge < -0.3 is 9.47 Å². The summed E-state index contributed by atoms with van der Waals surface area (Å²) in [6.07, 6.45) is 1.34.